The van der Waals surface area contributed by atoms with Gasteiger partial charge in [-0.25, -0.2) is 0 Å². The average Bonchev–Trinajstić information content (AvgIpc) is 2.98. The molecule has 0 heterocycles. The van der Waals surface area contributed by atoms with Crippen molar-refractivity contribution in [1.29, 1.82) is 0 Å². The van der Waals surface area contributed by atoms with E-state index in [9.17, 15) is 9.90 Å². The number of hydrogen-bond donors (Lipinski definition) is 1. The summed E-state index contributed by atoms with van der Waals surface area (Å²) >= 11 is 3.43. The van der Waals surface area contributed by atoms with Gasteiger partial charge in [0.15, 0.2) is 40.3 Å². The maximum atomic E-state index is 13.1. The summed E-state index contributed by atoms with van der Waals surface area (Å²) in [6.07, 6.45) is 5.01. The van der Waals surface area contributed by atoms with E-state index >= 15 is 0 Å². The van der Waals surface area contributed by atoms with Crippen LogP contribution in [0.4, 0.5) is 5.69 Å². The Bertz CT molecular complexity index is 1440. The fraction of sp³-hybridized carbons (Fsp3) is 0.267. The van der Waals surface area contributed by atoms with Gasteiger partial charge in [0.2, 0.25) is 11.5 Å². The van der Waals surface area contributed by atoms with Crippen molar-refractivity contribution in [3.8, 4) is 46.0 Å². The second-order valence-electron chi connectivity index (χ2n) is 8.33. The van der Waals surface area contributed by atoms with Crippen molar-refractivity contribution < 1.29 is 43.1 Å². The highest BCUT2D eigenvalue weighted by Gasteiger charge is 2.22. The molecule has 0 aliphatic rings. The van der Waals surface area contributed by atoms with Crippen LogP contribution in [0.3, 0.4) is 0 Å². The fourth-order valence-corrected chi connectivity index (χ4v) is 4.75. The number of nitrogens with zero attached hydrogens (tertiary/aromatic N) is 1. The van der Waals surface area contributed by atoms with Gasteiger partial charge in [0.05, 0.1) is 54.2 Å². The maximum absolute atomic E-state index is 13.1. The number of rotatable bonds is 13. The van der Waals surface area contributed by atoms with E-state index in [0.29, 0.717) is 55.8 Å². The molecule has 0 aliphatic carbocycles. The molecule has 0 saturated carbocycles. The summed E-state index contributed by atoms with van der Waals surface area (Å²) in [6, 6.07) is 8.44. The lowest BCUT2D eigenvalue weighted by atomic mass is 10.1. The predicted molar refractivity (Wildman–Crippen MR) is 161 cm³/mol. The lowest BCUT2D eigenvalue weighted by molar-refractivity contribution is 0.1000. The van der Waals surface area contributed by atoms with E-state index in [1.807, 2.05) is 6.08 Å². The van der Waals surface area contributed by atoms with Gasteiger partial charge < -0.3 is 38.3 Å². The van der Waals surface area contributed by atoms with Crippen LogP contribution in [0.15, 0.2) is 39.8 Å². The molecule has 0 fully saturated rings. The number of carbonyl (C=O) groups excluding carboxylic acids is 1. The molecule has 0 radical (unpaired) electrons. The average molecular weight is 630 g/mol. The Morgan fingerprint density at radius 2 is 1.22 bits per heavy atom. The smallest absolute Gasteiger partial charge is 0.204 e. The third-order valence-electron chi connectivity index (χ3n) is 6.01. The van der Waals surface area contributed by atoms with Crippen LogP contribution >= 0.6 is 15.9 Å². The van der Waals surface area contributed by atoms with Crippen molar-refractivity contribution in [3.63, 3.8) is 0 Å². The van der Waals surface area contributed by atoms with E-state index in [1.165, 1.54) is 41.8 Å². The molecule has 0 aliphatic heterocycles. The van der Waals surface area contributed by atoms with Crippen LogP contribution in [-0.2, 0) is 0 Å². The van der Waals surface area contributed by atoms with Gasteiger partial charge in [0, 0.05) is 18.2 Å². The van der Waals surface area contributed by atoms with Gasteiger partial charge in [-0.05, 0) is 57.4 Å². The monoisotopic (exact) mass is 629 g/mol. The first-order chi connectivity index (χ1) is 19.8. The SMILES string of the molecule is COc1cc(/C=C\c2cc(O)c(OC)c(N=CCC(=O)c3cc(OC)c(OC)c(OC)c3Br)c2)cc(OC)c1OC. The van der Waals surface area contributed by atoms with E-state index < -0.39 is 0 Å². The van der Waals surface area contributed by atoms with Gasteiger partial charge in [-0.2, -0.15) is 0 Å². The summed E-state index contributed by atoms with van der Waals surface area (Å²) in [5.74, 6) is 2.38. The zero-order valence-electron chi connectivity index (χ0n) is 23.9. The fourth-order valence-electron chi connectivity index (χ4n) is 4.07. The van der Waals surface area contributed by atoms with Crippen molar-refractivity contribution in [2.75, 3.05) is 49.8 Å². The molecule has 0 saturated heterocycles. The van der Waals surface area contributed by atoms with Gasteiger partial charge in [-0.15, -0.1) is 0 Å². The first kappa shape index (κ1) is 31.2. The highest BCUT2D eigenvalue weighted by molar-refractivity contribution is 9.10. The third kappa shape index (κ3) is 6.86. The molecule has 0 bridgehead atoms. The number of methoxy groups -OCH3 is 7. The van der Waals surface area contributed by atoms with Crippen molar-refractivity contribution in [2.45, 2.75) is 6.42 Å². The van der Waals surface area contributed by atoms with E-state index in [-0.39, 0.29) is 23.7 Å². The molecule has 1 N–H and O–H groups in total. The molecule has 10 nitrogen and oxygen atoms in total. The van der Waals surface area contributed by atoms with Crippen LogP contribution in [0.5, 0.6) is 46.0 Å². The highest BCUT2D eigenvalue weighted by atomic mass is 79.9. The number of aromatic hydroxyl groups is 1. The van der Waals surface area contributed by atoms with Crippen molar-refractivity contribution >= 4 is 45.8 Å². The lowest BCUT2D eigenvalue weighted by Gasteiger charge is -2.16. The molecule has 218 valence electrons. The van der Waals surface area contributed by atoms with Crippen molar-refractivity contribution in [3.05, 3.63) is 51.5 Å². The number of Topliss-reactive ketones (excluding diaryl/α,β-unsaturated/α-hetero) is 1. The first-order valence-corrected chi connectivity index (χ1v) is 13.0. The normalized spacial score (nSPS) is 11.0. The summed E-state index contributed by atoms with van der Waals surface area (Å²) in [7, 11) is 10.5. The zero-order valence-corrected chi connectivity index (χ0v) is 25.5. The van der Waals surface area contributed by atoms with Gasteiger partial charge >= 0.3 is 0 Å². The zero-order chi connectivity index (χ0) is 30.1. The number of hydrogen-bond acceptors (Lipinski definition) is 10. The highest BCUT2D eigenvalue weighted by Crippen LogP contribution is 2.45. The first-order valence-electron chi connectivity index (χ1n) is 12.2. The molecule has 0 spiro atoms. The van der Waals surface area contributed by atoms with Crippen LogP contribution in [0.1, 0.15) is 27.9 Å². The second-order valence-corrected chi connectivity index (χ2v) is 9.12. The lowest BCUT2D eigenvalue weighted by Crippen LogP contribution is -2.05. The standard InChI is InChI=1S/C30H32BrNO9/c1-35-23-14-18(15-24(36-2)28(23)39-5)9-8-17-12-20(27(38-4)22(34)13-17)32-11-10-21(33)19-16-25(37-3)29(40-6)30(41-7)26(19)31/h8-9,11-16,34H,10H2,1-7H3/b9-8-,32-11?. The number of halogens is 1. The molecule has 41 heavy (non-hydrogen) atoms. The van der Waals surface area contributed by atoms with E-state index in [1.54, 1.807) is 50.6 Å². The van der Waals surface area contributed by atoms with Crippen LogP contribution in [0, 0.1) is 0 Å². The number of carbonyl (C=O) groups is 1. The number of phenols is 1. The van der Waals surface area contributed by atoms with E-state index in [4.69, 9.17) is 33.2 Å². The Labute approximate surface area is 247 Å². The molecule has 3 aromatic rings. The Balaban J connectivity index is 1.90. The van der Waals surface area contributed by atoms with Crippen LogP contribution in [0.2, 0.25) is 0 Å². The number of ether oxygens (including phenoxy) is 7. The summed E-state index contributed by atoms with van der Waals surface area (Å²) < 4.78 is 38.1. The van der Waals surface area contributed by atoms with Crippen LogP contribution in [0.25, 0.3) is 12.2 Å². The minimum absolute atomic E-state index is 0.0490. The number of benzene rings is 3. The number of ketones is 1. The van der Waals surface area contributed by atoms with Crippen LogP contribution < -0.4 is 33.2 Å². The molecular formula is C30H32BrNO9. The molecule has 0 atom stereocenters. The quantitative estimate of drug-likeness (QED) is 0.131. The largest absolute Gasteiger partial charge is 0.504 e. The minimum Gasteiger partial charge on any atom is -0.504 e. The van der Waals surface area contributed by atoms with Gasteiger partial charge in [-0.1, -0.05) is 12.2 Å². The summed E-state index contributed by atoms with van der Waals surface area (Å²) in [4.78, 5) is 17.5. The topological polar surface area (TPSA) is 114 Å². The Morgan fingerprint density at radius 3 is 1.73 bits per heavy atom. The summed E-state index contributed by atoms with van der Waals surface area (Å²) in [5.41, 5.74) is 2.10. The van der Waals surface area contributed by atoms with Gasteiger partial charge in [0.25, 0.3) is 0 Å². The van der Waals surface area contributed by atoms with Crippen molar-refractivity contribution in [1.82, 2.24) is 0 Å². The van der Waals surface area contributed by atoms with Gasteiger partial charge in [0.1, 0.15) is 5.69 Å². The molecule has 0 unspecified atom stereocenters. The van der Waals surface area contributed by atoms with E-state index in [2.05, 4.69) is 20.9 Å². The predicted octanol–water partition coefficient (Wildman–Crippen LogP) is 6.36. The Kier molecular flexibility index (Phi) is 10.9. The van der Waals surface area contributed by atoms with Gasteiger partial charge in [-0.3, -0.25) is 9.79 Å². The molecule has 3 aromatic carbocycles. The van der Waals surface area contributed by atoms with Crippen LogP contribution in [-0.4, -0.2) is 66.9 Å². The molecule has 0 aromatic heterocycles. The minimum atomic E-state index is -0.249. The maximum Gasteiger partial charge on any atom is 0.204 e. The summed E-state index contributed by atoms with van der Waals surface area (Å²) in [5, 5.41) is 10.6. The number of phenolic OH excluding ortho intramolecular Hbond substituents is 1. The molecule has 11 heteroatoms. The molecular weight excluding hydrogens is 598 g/mol. The second kappa shape index (κ2) is 14.3. The Morgan fingerprint density at radius 1 is 0.707 bits per heavy atom. The third-order valence-corrected chi connectivity index (χ3v) is 6.80. The molecule has 3 rings (SSSR count). The van der Waals surface area contributed by atoms with Crippen molar-refractivity contribution in [2.24, 2.45) is 4.99 Å². The number of aliphatic imine (C=N–C) groups is 1. The van der Waals surface area contributed by atoms with E-state index in [0.717, 1.165) is 5.56 Å². The Hall–Kier alpha value is -4.38. The summed E-state index contributed by atoms with van der Waals surface area (Å²) in [6.45, 7) is 0. The molecule has 0 amide bonds.